The van der Waals surface area contributed by atoms with Gasteiger partial charge in [-0.1, -0.05) is 13.8 Å². The molecule has 0 radical (unpaired) electrons. The van der Waals surface area contributed by atoms with Gasteiger partial charge in [-0.05, 0) is 26.7 Å². The van der Waals surface area contributed by atoms with Crippen LogP contribution in [0.25, 0.3) is 0 Å². The normalized spacial score (nSPS) is 9.00. The summed E-state index contributed by atoms with van der Waals surface area (Å²) in [7, 11) is 0. The van der Waals surface area contributed by atoms with Crippen LogP contribution >= 0.6 is 0 Å². The van der Waals surface area contributed by atoms with Crippen molar-refractivity contribution in [3.8, 4) is 0 Å². The maximum atomic E-state index is 10.5. The van der Waals surface area contributed by atoms with Crippen molar-refractivity contribution in [2.75, 3.05) is 13.2 Å². The summed E-state index contributed by atoms with van der Waals surface area (Å²) in [5.74, 6) is 0. The molecule has 0 rings (SSSR count). The van der Waals surface area contributed by atoms with Gasteiger partial charge in [-0.2, -0.15) is 0 Å². The molecule has 0 spiro atoms. The molecule has 0 aliphatic rings. The molecule has 1 N–H and O–H groups in total. The Kier molecular flexibility index (Phi) is 13.3. The first-order valence-electron chi connectivity index (χ1n) is 5.63. The van der Waals surface area contributed by atoms with Gasteiger partial charge in [0.2, 0.25) is 0 Å². The molecular weight excluding hydrogens is 228 g/mol. The van der Waals surface area contributed by atoms with E-state index in [0.717, 1.165) is 12.8 Å². The highest BCUT2D eigenvalue weighted by Gasteiger charge is 1.99. The first kappa shape index (κ1) is 17.9. The van der Waals surface area contributed by atoms with Crippen LogP contribution in [-0.4, -0.2) is 36.7 Å². The predicted octanol–water partition coefficient (Wildman–Crippen LogP) is 3.05. The lowest BCUT2D eigenvalue weighted by Crippen LogP contribution is -2.08. The van der Waals surface area contributed by atoms with Gasteiger partial charge in [0.1, 0.15) is 0 Å². The molecule has 0 aromatic rings. The number of carbonyl (C=O) groups is 2. The Hall–Kier alpha value is -1.46. The largest absolute Gasteiger partial charge is 0.508 e. The highest BCUT2D eigenvalue weighted by atomic mass is 16.7. The minimum absolute atomic E-state index is 0.225. The number of rotatable bonds is 5. The van der Waals surface area contributed by atoms with Crippen LogP contribution < -0.4 is 0 Å². The molecule has 0 amide bonds. The number of hydrogen-bond donors (Lipinski definition) is 1. The molecule has 0 aromatic heterocycles. The summed E-state index contributed by atoms with van der Waals surface area (Å²) in [5.41, 5.74) is 0. The predicted molar refractivity (Wildman–Crippen MR) is 62.1 cm³/mol. The van der Waals surface area contributed by atoms with E-state index in [4.69, 9.17) is 5.11 Å². The summed E-state index contributed by atoms with van der Waals surface area (Å²) in [5, 5.41) is 7.86. The van der Waals surface area contributed by atoms with Crippen LogP contribution in [0.15, 0.2) is 0 Å². The SMILES string of the molecule is CC(C)OC(=O)O.CCCOC(=O)OCCC. The van der Waals surface area contributed by atoms with Gasteiger partial charge in [-0.25, -0.2) is 9.59 Å². The van der Waals surface area contributed by atoms with Crippen molar-refractivity contribution < 1.29 is 28.9 Å². The second-order valence-corrected chi connectivity index (χ2v) is 3.38. The first-order chi connectivity index (χ1) is 7.93. The van der Waals surface area contributed by atoms with Gasteiger partial charge >= 0.3 is 12.3 Å². The highest BCUT2D eigenvalue weighted by Crippen LogP contribution is 1.88. The van der Waals surface area contributed by atoms with E-state index in [0.29, 0.717) is 13.2 Å². The van der Waals surface area contributed by atoms with Gasteiger partial charge in [0.15, 0.2) is 0 Å². The maximum absolute atomic E-state index is 10.5. The van der Waals surface area contributed by atoms with E-state index in [2.05, 4.69) is 14.2 Å². The van der Waals surface area contributed by atoms with E-state index in [-0.39, 0.29) is 6.10 Å². The van der Waals surface area contributed by atoms with Crippen LogP contribution in [0.1, 0.15) is 40.5 Å². The fourth-order valence-corrected chi connectivity index (χ4v) is 0.614. The van der Waals surface area contributed by atoms with Crippen LogP contribution in [0.3, 0.4) is 0 Å². The first-order valence-corrected chi connectivity index (χ1v) is 5.63. The third-order valence-electron chi connectivity index (χ3n) is 1.18. The lowest BCUT2D eigenvalue weighted by atomic mass is 10.5. The van der Waals surface area contributed by atoms with Crippen LogP contribution in [0.4, 0.5) is 9.59 Å². The second kappa shape index (κ2) is 12.6. The Morgan fingerprint density at radius 1 is 1.06 bits per heavy atom. The standard InChI is InChI=1S/C7H14O3.C4H8O3/c1-3-5-9-7(8)10-6-4-2;1-3(2)7-4(5)6/h3-6H2,1-2H3;3H,1-2H3,(H,5,6). The molecule has 0 heterocycles. The van der Waals surface area contributed by atoms with Gasteiger partial charge in [0.05, 0.1) is 19.3 Å². The summed E-state index contributed by atoms with van der Waals surface area (Å²) in [4.78, 5) is 20.1. The van der Waals surface area contributed by atoms with Crippen molar-refractivity contribution in [3.63, 3.8) is 0 Å². The van der Waals surface area contributed by atoms with Crippen molar-refractivity contribution in [2.24, 2.45) is 0 Å². The molecule has 0 bridgehead atoms. The minimum Gasteiger partial charge on any atom is -0.450 e. The molecule has 6 heteroatoms. The van der Waals surface area contributed by atoms with Crippen molar-refractivity contribution >= 4 is 12.3 Å². The summed E-state index contributed by atoms with van der Waals surface area (Å²) < 4.78 is 13.4. The molecule has 102 valence electrons. The second-order valence-electron chi connectivity index (χ2n) is 3.38. The molecule has 0 saturated heterocycles. The summed E-state index contributed by atoms with van der Waals surface area (Å²) in [6.45, 7) is 8.09. The Bertz CT molecular complexity index is 192. The summed E-state index contributed by atoms with van der Waals surface area (Å²) in [6.07, 6.45) is -0.321. The van der Waals surface area contributed by atoms with E-state index in [9.17, 15) is 9.59 Å². The zero-order valence-electron chi connectivity index (χ0n) is 10.9. The summed E-state index contributed by atoms with van der Waals surface area (Å²) >= 11 is 0. The Labute approximate surface area is 102 Å². The lowest BCUT2D eigenvalue weighted by molar-refractivity contribution is 0.0553. The van der Waals surface area contributed by atoms with E-state index in [1.165, 1.54) is 0 Å². The van der Waals surface area contributed by atoms with Crippen LogP contribution in [0.2, 0.25) is 0 Å². The Balaban J connectivity index is 0. The third-order valence-corrected chi connectivity index (χ3v) is 1.18. The molecular formula is C11H22O6. The average Bonchev–Trinajstić information content (AvgIpc) is 2.22. The monoisotopic (exact) mass is 250 g/mol. The Morgan fingerprint density at radius 2 is 1.47 bits per heavy atom. The van der Waals surface area contributed by atoms with Gasteiger partial charge in [-0.15, -0.1) is 0 Å². The van der Waals surface area contributed by atoms with E-state index >= 15 is 0 Å². The molecule has 17 heavy (non-hydrogen) atoms. The molecule has 0 unspecified atom stereocenters. The van der Waals surface area contributed by atoms with E-state index in [1.807, 2.05) is 13.8 Å². The van der Waals surface area contributed by atoms with Crippen molar-refractivity contribution in [3.05, 3.63) is 0 Å². The fraction of sp³-hybridized carbons (Fsp3) is 0.818. The molecule has 0 saturated carbocycles. The summed E-state index contributed by atoms with van der Waals surface area (Å²) in [6, 6.07) is 0. The molecule has 6 nitrogen and oxygen atoms in total. The van der Waals surface area contributed by atoms with Crippen LogP contribution in [0.5, 0.6) is 0 Å². The van der Waals surface area contributed by atoms with E-state index < -0.39 is 12.3 Å². The lowest BCUT2D eigenvalue weighted by Gasteiger charge is -2.02. The zero-order chi connectivity index (χ0) is 13.7. The van der Waals surface area contributed by atoms with Crippen molar-refractivity contribution in [2.45, 2.75) is 46.6 Å². The molecule has 0 atom stereocenters. The molecule has 0 aromatic carbocycles. The van der Waals surface area contributed by atoms with Gasteiger partial charge < -0.3 is 19.3 Å². The van der Waals surface area contributed by atoms with Crippen LogP contribution in [-0.2, 0) is 14.2 Å². The third kappa shape index (κ3) is 20.6. The number of ether oxygens (including phenoxy) is 3. The van der Waals surface area contributed by atoms with Gasteiger partial charge in [0.25, 0.3) is 0 Å². The molecule has 0 aliphatic carbocycles. The zero-order valence-corrected chi connectivity index (χ0v) is 10.9. The fourth-order valence-electron chi connectivity index (χ4n) is 0.614. The van der Waals surface area contributed by atoms with Gasteiger partial charge in [0, 0.05) is 0 Å². The smallest absolute Gasteiger partial charge is 0.450 e. The molecule has 0 aliphatic heterocycles. The number of carbonyl (C=O) groups excluding carboxylic acids is 1. The number of hydrogen-bond acceptors (Lipinski definition) is 5. The van der Waals surface area contributed by atoms with E-state index in [1.54, 1.807) is 13.8 Å². The average molecular weight is 250 g/mol. The highest BCUT2D eigenvalue weighted by molar-refractivity contribution is 5.59. The topological polar surface area (TPSA) is 82.1 Å². The van der Waals surface area contributed by atoms with Crippen molar-refractivity contribution in [1.82, 2.24) is 0 Å². The maximum Gasteiger partial charge on any atom is 0.508 e. The quantitative estimate of drug-likeness (QED) is 0.755. The molecule has 0 fully saturated rings. The number of carboxylic acid groups (broad SMARTS) is 1. The van der Waals surface area contributed by atoms with Gasteiger partial charge in [-0.3, -0.25) is 0 Å². The van der Waals surface area contributed by atoms with Crippen molar-refractivity contribution in [1.29, 1.82) is 0 Å². The minimum atomic E-state index is -1.21. The van der Waals surface area contributed by atoms with Crippen LogP contribution in [0, 0.1) is 0 Å². The Morgan fingerprint density at radius 3 is 1.65 bits per heavy atom.